The zero-order valence-electron chi connectivity index (χ0n) is 16.7. The van der Waals surface area contributed by atoms with Crippen LogP contribution < -0.4 is 5.32 Å². The molecule has 0 aliphatic rings. The summed E-state index contributed by atoms with van der Waals surface area (Å²) in [6.07, 6.45) is 2.10. The average Bonchev–Trinajstić information content (AvgIpc) is 2.37. The van der Waals surface area contributed by atoms with Crippen molar-refractivity contribution >= 4 is 0 Å². The Balaban J connectivity index is 3.14. The van der Waals surface area contributed by atoms with Gasteiger partial charge in [0.15, 0.2) is 0 Å². The van der Waals surface area contributed by atoms with Crippen molar-refractivity contribution in [1.82, 2.24) is 5.32 Å². The van der Waals surface area contributed by atoms with E-state index in [1.807, 2.05) is 0 Å². The molecule has 0 fully saturated rings. The molecule has 0 heterocycles. The molecule has 1 aromatic rings. The van der Waals surface area contributed by atoms with Crippen molar-refractivity contribution in [2.75, 3.05) is 6.54 Å². The molecule has 1 rings (SSSR count). The molecule has 132 valence electrons. The molecule has 0 aliphatic carbocycles. The summed E-state index contributed by atoms with van der Waals surface area (Å²) in [4.78, 5) is 0. The van der Waals surface area contributed by atoms with E-state index in [1.54, 1.807) is 0 Å². The van der Waals surface area contributed by atoms with Crippen molar-refractivity contribution < 1.29 is 5.11 Å². The smallest absolute Gasteiger partial charge is 0.123 e. The first-order valence-corrected chi connectivity index (χ1v) is 8.90. The Labute approximate surface area is 143 Å². The minimum atomic E-state index is -0.0593. The molecule has 2 nitrogen and oxygen atoms in total. The number of benzene rings is 1. The summed E-state index contributed by atoms with van der Waals surface area (Å²) in [5.74, 6) is 0.468. The van der Waals surface area contributed by atoms with E-state index in [0.29, 0.717) is 5.75 Å². The second-order valence-electron chi connectivity index (χ2n) is 9.45. The van der Waals surface area contributed by atoms with Gasteiger partial charge in [-0.1, -0.05) is 60.6 Å². The van der Waals surface area contributed by atoms with Crippen LogP contribution in [0.1, 0.15) is 85.4 Å². The average molecular weight is 320 g/mol. The van der Waals surface area contributed by atoms with E-state index >= 15 is 0 Å². The number of rotatable bonds is 5. The number of hydrogen-bond acceptors (Lipinski definition) is 2. The number of phenols is 1. The minimum Gasteiger partial charge on any atom is -0.507 e. The number of hydrogen-bond donors (Lipinski definition) is 2. The molecule has 0 radical (unpaired) electrons. The second-order valence-corrected chi connectivity index (χ2v) is 9.45. The van der Waals surface area contributed by atoms with E-state index in [4.69, 9.17) is 0 Å². The first-order valence-electron chi connectivity index (χ1n) is 8.90. The zero-order valence-corrected chi connectivity index (χ0v) is 16.7. The van der Waals surface area contributed by atoms with Gasteiger partial charge in [-0.25, -0.2) is 0 Å². The summed E-state index contributed by atoms with van der Waals surface area (Å²) < 4.78 is 0. The summed E-state index contributed by atoms with van der Waals surface area (Å²) in [7, 11) is 0. The lowest BCUT2D eigenvalue weighted by Gasteiger charge is -2.29. The van der Waals surface area contributed by atoms with Crippen LogP contribution in [0.3, 0.4) is 0 Å². The molecule has 0 bridgehead atoms. The van der Waals surface area contributed by atoms with Crippen LogP contribution in [0.15, 0.2) is 12.1 Å². The first kappa shape index (κ1) is 20.0. The topological polar surface area (TPSA) is 32.3 Å². The van der Waals surface area contributed by atoms with Crippen LogP contribution in [-0.4, -0.2) is 17.2 Å². The van der Waals surface area contributed by atoms with E-state index in [9.17, 15) is 5.11 Å². The van der Waals surface area contributed by atoms with Gasteiger partial charge in [0.25, 0.3) is 0 Å². The first-order chi connectivity index (χ1) is 10.3. The van der Waals surface area contributed by atoms with E-state index in [2.05, 4.69) is 79.8 Å². The number of nitrogens with one attached hydrogen (secondary N) is 1. The summed E-state index contributed by atoms with van der Waals surface area (Å²) in [5, 5.41) is 14.4. The molecule has 0 saturated carbocycles. The molecule has 2 heteroatoms. The van der Waals surface area contributed by atoms with Crippen molar-refractivity contribution in [1.29, 1.82) is 0 Å². The molecule has 1 aromatic carbocycles. The highest BCUT2D eigenvalue weighted by Crippen LogP contribution is 2.39. The van der Waals surface area contributed by atoms with Crippen LogP contribution in [0.5, 0.6) is 5.75 Å². The molecule has 0 aliphatic heterocycles. The third kappa shape index (κ3) is 5.53. The van der Waals surface area contributed by atoms with Crippen molar-refractivity contribution in [2.24, 2.45) is 0 Å². The minimum absolute atomic E-state index is 0.0593. The molecule has 0 aromatic heterocycles. The Morgan fingerprint density at radius 1 is 0.870 bits per heavy atom. The van der Waals surface area contributed by atoms with E-state index in [1.165, 1.54) is 5.56 Å². The van der Waals surface area contributed by atoms with Gasteiger partial charge in [0.2, 0.25) is 0 Å². The standard InChI is InChI=1S/C21H37NO/c1-10-21(8,9)22-12-11-15-13-16(19(2,3)4)18(23)17(14-15)20(5,6)7/h13-14,22-23H,10-12H2,1-9H3. The van der Waals surface area contributed by atoms with E-state index in [-0.39, 0.29) is 16.4 Å². The monoisotopic (exact) mass is 319 g/mol. The van der Waals surface area contributed by atoms with E-state index in [0.717, 1.165) is 30.5 Å². The lowest BCUT2D eigenvalue weighted by molar-refractivity contribution is 0.379. The van der Waals surface area contributed by atoms with E-state index < -0.39 is 0 Å². The molecular weight excluding hydrogens is 282 g/mol. The zero-order chi connectivity index (χ0) is 18.1. The fraction of sp³-hybridized carbons (Fsp3) is 0.714. The van der Waals surface area contributed by atoms with Crippen molar-refractivity contribution in [3.63, 3.8) is 0 Å². The maximum Gasteiger partial charge on any atom is 0.123 e. The predicted octanol–water partition coefficient (Wildman–Crippen LogP) is 5.31. The SMILES string of the molecule is CCC(C)(C)NCCc1cc(C(C)(C)C)c(O)c(C(C)(C)C)c1. The van der Waals surface area contributed by atoms with Crippen LogP contribution in [0.4, 0.5) is 0 Å². The normalized spacial score (nSPS) is 13.4. The molecule has 0 atom stereocenters. The van der Waals surface area contributed by atoms with Crippen LogP contribution in [-0.2, 0) is 17.3 Å². The largest absolute Gasteiger partial charge is 0.507 e. The third-order valence-electron chi connectivity index (χ3n) is 4.69. The van der Waals surface area contributed by atoms with Gasteiger partial charge in [-0.05, 0) is 60.8 Å². The van der Waals surface area contributed by atoms with Crippen LogP contribution in [0, 0.1) is 0 Å². The number of aromatic hydroxyl groups is 1. The fourth-order valence-corrected chi connectivity index (χ4v) is 2.65. The van der Waals surface area contributed by atoms with Gasteiger partial charge in [-0.15, -0.1) is 0 Å². The Kier molecular flexibility index (Phi) is 5.96. The highest BCUT2D eigenvalue weighted by molar-refractivity contribution is 5.49. The Bertz CT molecular complexity index is 495. The van der Waals surface area contributed by atoms with Crippen molar-refractivity contribution in [2.45, 2.75) is 91.5 Å². The van der Waals surface area contributed by atoms with Gasteiger partial charge >= 0.3 is 0 Å². The highest BCUT2D eigenvalue weighted by Gasteiger charge is 2.26. The van der Waals surface area contributed by atoms with Crippen LogP contribution in [0.2, 0.25) is 0 Å². The van der Waals surface area contributed by atoms with Crippen molar-refractivity contribution in [3.05, 3.63) is 28.8 Å². The van der Waals surface area contributed by atoms with Gasteiger partial charge in [-0.3, -0.25) is 0 Å². The molecule has 0 spiro atoms. The Hall–Kier alpha value is -1.02. The van der Waals surface area contributed by atoms with Crippen LogP contribution >= 0.6 is 0 Å². The molecule has 23 heavy (non-hydrogen) atoms. The second kappa shape index (κ2) is 6.84. The maximum absolute atomic E-state index is 10.8. The van der Waals surface area contributed by atoms with Gasteiger partial charge in [0, 0.05) is 5.54 Å². The number of phenolic OH excluding ortho intramolecular Hbond substituents is 1. The Morgan fingerprint density at radius 3 is 1.65 bits per heavy atom. The van der Waals surface area contributed by atoms with Gasteiger partial charge in [0.05, 0.1) is 0 Å². The summed E-state index contributed by atoms with van der Waals surface area (Å²) in [5.41, 5.74) is 3.46. The van der Waals surface area contributed by atoms with Crippen LogP contribution in [0.25, 0.3) is 0 Å². The van der Waals surface area contributed by atoms with Gasteiger partial charge in [-0.2, -0.15) is 0 Å². The summed E-state index contributed by atoms with van der Waals surface area (Å²) >= 11 is 0. The highest BCUT2D eigenvalue weighted by atomic mass is 16.3. The Morgan fingerprint density at radius 2 is 1.30 bits per heavy atom. The lowest BCUT2D eigenvalue weighted by Crippen LogP contribution is -2.39. The fourth-order valence-electron chi connectivity index (χ4n) is 2.65. The maximum atomic E-state index is 10.8. The summed E-state index contributed by atoms with van der Waals surface area (Å²) in [6.45, 7) is 20.6. The van der Waals surface area contributed by atoms with Gasteiger partial charge in [0.1, 0.15) is 5.75 Å². The predicted molar refractivity (Wildman–Crippen MR) is 102 cm³/mol. The summed E-state index contributed by atoms with van der Waals surface area (Å²) in [6, 6.07) is 4.37. The quantitative estimate of drug-likeness (QED) is 0.771. The van der Waals surface area contributed by atoms with Crippen molar-refractivity contribution in [3.8, 4) is 5.75 Å². The molecule has 0 amide bonds. The third-order valence-corrected chi connectivity index (χ3v) is 4.69. The molecule has 0 unspecified atom stereocenters. The molecule has 0 saturated heterocycles. The van der Waals surface area contributed by atoms with Gasteiger partial charge < -0.3 is 10.4 Å². The molecular formula is C21H37NO. The molecule has 2 N–H and O–H groups in total. The lowest BCUT2D eigenvalue weighted by atomic mass is 9.78.